The van der Waals surface area contributed by atoms with E-state index in [9.17, 15) is 0 Å². The molecule has 0 atom stereocenters. The van der Waals surface area contributed by atoms with E-state index in [4.69, 9.17) is 4.74 Å². The van der Waals surface area contributed by atoms with Gasteiger partial charge in [0.2, 0.25) is 0 Å². The van der Waals surface area contributed by atoms with Gasteiger partial charge in [-0.25, -0.2) is 0 Å². The summed E-state index contributed by atoms with van der Waals surface area (Å²) in [5, 5.41) is 3.23. The number of rotatable bonds is 2. The van der Waals surface area contributed by atoms with E-state index in [2.05, 4.69) is 40.0 Å². The molecule has 0 amide bonds. The number of ether oxygens (including phenoxy) is 1. The molecule has 0 spiro atoms. The van der Waals surface area contributed by atoms with Crippen LogP contribution in [0, 0.1) is 0 Å². The largest absolute Gasteiger partial charge is 0.492 e. The molecule has 4 heteroatoms. The smallest absolute Gasteiger partial charge is 0.138 e. The van der Waals surface area contributed by atoms with E-state index in [1.165, 1.54) is 10.1 Å². The first kappa shape index (κ1) is 10.3. The standard InChI is InChI=1S/C10H9BrOS2/c1-2-12-7-5-8(13)9(11)6-3-4-14-10(6)7/h3-5,13H,2H2,1H3. The molecule has 0 saturated carbocycles. The summed E-state index contributed by atoms with van der Waals surface area (Å²) < 4.78 is 7.77. The average Bonchev–Trinajstić information content (AvgIpc) is 2.63. The zero-order chi connectivity index (χ0) is 10.1. The third kappa shape index (κ3) is 1.66. The van der Waals surface area contributed by atoms with Gasteiger partial charge in [0.05, 0.1) is 11.3 Å². The highest BCUT2D eigenvalue weighted by molar-refractivity contribution is 9.10. The highest BCUT2D eigenvalue weighted by Crippen LogP contribution is 2.39. The normalized spacial score (nSPS) is 10.8. The number of hydrogen-bond donors (Lipinski definition) is 1. The van der Waals surface area contributed by atoms with Gasteiger partial charge in [-0.3, -0.25) is 0 Å². The molecular formula is C10H9BrOS2. The van der Waals surface area contributed by atoms with Crippen LogP contribution in [0.25, 0.3) is 10.1 Å². The van der Waals surface area contributed by atoms with E-state index in [1.807, 2.05) is 13.0 Å². The van der Waals surface area contributed by atoms with Gasteiger partial charge in [0.1, 0.15) is 5.75 Å². The van der Waals surface area contributed by atoms with Crippen LogP contribution in [0.4, 0.5) is 0 Å². The fourth-order valence-electron chi connectivity index (χ4n) is 1.33. The second-order valence-electron chi connectivity index (χ2n) is 2.80. The molecule has 0 N–H and O–H groups in total. The van der Waals surface area contributed by atoms with Crippen LogP contribution >= 0.6 is 39.9 Å². The molecule has 0 unspecified atom stereocenters. The first-order valence-electron chi connectivity index (χ1n) is 4.25. The van der Waals surface area contributed by atoms with Crippen molar-refractivity contribution in [2.45, 2.75) is 11.8 Å². The van der Waals surface area contributed by atoms with Crippen LogP contribution in [-0.4, -0.2) is 6.61 Å². The molecule has 74 valence electrons. The Labute approximate surface area is 101 Å². The van der Waals surface area contributed by atoms with Crippen molar-refractivity contribution in [3.63, 3.8) is 0 Å². The maximum atomic E-state index is 5.55. The molecule has 0 radical (unpaired) electrons. The van der Waals surface area contributed by atoms with Crippen LogP contribution in [0.2, 0.25) is 0 Å². The highest BCUT2D eigenvalue weighted by Gasteiger charge is 2.09. The Hall–Kier alpha value is -0.190. The van der Waals surface area contributed by atoms with Gasteiger partial charge in [0.25, 0.3) is 0 Å². The molecular weight excluding hydrogens is 280 g/mol. The fraction of sp³-hybridized carbons (Fsp3) is 0.200. The summed E-state index contributed by atoms with van der Waals surface area (Å²) >= 11 is 9.60. The lowest BCUT2D eigenvalue weighted by atomic mass is 10.2. The van der Waals surface area contributed by atoms with Gasteiger partial charge in [-0.05, 0) is 40.4 Å². The van der Waals surface area contributed by atoms with Crippen LogP contribution in [0.5, 0.6) is 5.75 Å². The van der Waals surface area contributed by atoms with Crippen LogP contribution in [0.3, 0.4) is 0 Å². The Bertz CT molecular complexity index is 464. The minimum atomic E-state index is 0.682. The predicted molar refractivity (Wildman–Crippen MR) is 67.9 cm³/mol. The maximum Gasteiger partial charge on any atom is 0.138 e. The van der Waals surface area contributed by atoms with Crippen molar-refractivity contribution in [2.24, 2.45) is 0 Å². The summed E-state index contributed by atoms with van der Waals surface area (Å²) in [5.41, 5.74) is 0. The number of benzene rings is 1. The minimum Gasteiger partial charge on any atom is -0.492 e. The number of thiol groups is 1. The number of thiophene rings is 1. The van der Waals surface area contributed by atoms with Crippen molar-refractivity contribution in [3.8, 4) is 5.75 Å². The lowest BCUT2D eigenvalue weighted by Crippen LogP contribution is -1.91. The summed E-state index contributed by atoms with van der Waals surface area (Å²) in [4.78, 5) is 0.916. The van der Waals surface area contributed by atoms with E-state index < -0.39 is 0 Å². The van der Waals surface area contributed by atoms with Gasteiger partial charge in [0, 0.05) is 14.8 Å². The molecule has 0 aliphatic rings. The predicted octanol–water partition coefficient (Wildman–Crippen LogP) is 4.35. The molecule has 2 rings (SSSR count). The quantitative estimate of drug-likeness (QED) is 0.809. The van der Waals surface area contributed by atoms with Crippen molar-refractivity contribution < 1.29 is 4.74 Å². The summed E-state index contributed by atoms with van der Waals surface area (Å²) in [6.45, 7) is 2.67. The fourth-order valence-corrected chi connectivity index (χ4v) is 3.01. The third-order valence-corrected chi connectivity index (χ3v) is 4.36. The van der Waals surface area contributed by atoms with E-state index in [0.29, 0.717) is 6.61 Å². The first-order chi connectivity index (χ1) is 6.74. The van der Waals surface area contributed by atoms with E-state index in [0.717, 1.165) is 15.1 Å². The highest BCUT2D eigenvalue weighted by atomic mass is 79.9. The molecule has 1 aromatic carbocycles. The lowest BCUT2D eigenvalue weighted by molar-refractivity contribution is 0.344. The SMILES string of the molecule is CCOc1cc(S)c(Br)c2ccsc12. The van der Waals surface area contributed by atoms with Gasteiger partial charge in [0.15, 0.2) is 0 Å². The van der Waals surface area contributed by atoms with Crippen molar-refractivity contribution in [1.29, 1.82) is 0 Å². The monoisotopic (exact) mass is 288 g/mol. The Kier molecular flexibility index (Phi) is 3.04. The second kappa shape index (κ2) is 4.13. The lowest BCUT2D eigenvalue weighted by Gasteiger charge is -2.07. The minimum absolute atomic E-state index is 0.682. The summed E-state index contributed by atoms with van der Waals surface area (Å²) in [5.74, 6) is 0.922. The van der Waals surface area contributed by atoms with Gasteiger partial charge in [-0.15, -0.1) is 24.0 Å². The molecule has 2 aromatic rings. The van der Waals surface area contributed by atoms with Crippen LogP contribution in [0.1, 0.15) is 6.92 Å². The van der Waals surface area contributed by atoms with E-state index >= 15 is 0 Å². The third-order valence-electron chi connectivity index (χ3n) is 1.92. The van der Waals surface area contributed by atoms with Gasteiger partial charge in [-0.1, -0.05) is 0 Å². The van der Waals surface area contributed by atoms with Crippen molar-refractivity contribution in [1.82, 2.24) is 0 Å². The van der Waals surface area contributed by atoms with E-state index in [-0.39, 0.29) is 0 Å². The van der Waals surface area contributed by atoms with Crippen LogP contribution in [0.15, 0.2) is 26.9 Å². The Morgan fingerprint density at radius 2 is 2.36 bits per heavy atom. The zero-order valence-corrected chi connectivity index (χ0v) is 10.9. The van der Waals surface area contributed by atoms with Gasteiger partial charge in [-0.2, -0.15) is 0 Å². The molecule has 14 heavy (non-hydrogen) atoms. The summed E-state index contributed by atoms with van der Waals surface area (Å²) in [7, 11) is 0. The molecule has 1 heterocycles. The van der Waals surface area contributed by atoms with Gasteiger partial charge < -0.3 is 4.74 Å². The van der Waals surface area contributed by atoms with E-state index in [1.54, 1.807) is 11.3 Å². The molecule has 1 nitrogen and oxygen atoms in total. The molecule has 0 aliphatic heterocycles. The van der Waals surface area contributed by atoms with Crippen LogP contribution in [-0.2, 0) is 0 Å². The number of fused-ring (bicyclic) bond motifs is 1. The summed E-state index contributed by atoms with van der Waals surface area (Å²) in [6, 6.07) is 4.03. The molecule has 0 bridgehead atoms. The molecule has 0 aliphatic carbocycles. The maximum absolute atomic E-state index is 5.55. The first-order valence-corrected chi connectivity index (χ1v) is 6.37. The topological polar surface area (TPSA) is 9.23 Å². The number of halogens is 1. The molecule has 0 fully saturated rings. The van der Waals surface area contributed by atoms with Crippen molar-refractivity contribution in [3.05, 3.63) is 22.0 Å². The Morgan fingerprint density at radius 1 is 1.57 bits per heavy atom. The van der Waals surface area contributed by atoms with Crippen molar-refractivity contribution in [2.75, 3.05) is 6.61 Å². The number of hydrogen-bond acceptors (Lipinski definition) is 3. The molecule has 0 saturated heterocycles. The zero-order valence-electron chi connectivity index (χ0n) is 7.58. The summed E-state index contributed by atoms with van der Waals surface area (Å²) in [6.07, 6.45) is 0. The molecule has 1 aromatic heterocycles. The second-order valence-corrected chi connectivity index (χ2v) is 5.00. The van der Waals surface area contributed by atoms with Gasteiger partial charge >= 0.3 is 0 Å². The average molecular weight is 289 g/mol. The van der Waals surface area contributed by atoms with Crippen molar-refractivity contribution >= 4 is 50.0 Å². The Balaban J connectivity index is 2.71. The van der Waals surface area contributed by atoms with Crippen LogP contribution < -0.4 is 4.74 Å². The Morgan fingerprint density at radius 3 is 3.07 bits per heavy atom.